The van der Waals surface area contributed by atoms with Gasteiger partial charge in [0, 0.05) is 28.3 Å². The minimum Gasteiger partial charge on any atom is -0.335 e. The first-order chi connectivity index (χ1) is 8.56. The predicted octanol–water partition coefficient (Wildman–Crippen LogP) is 4.10. The molecule has 1 aliphatic heterocycles. The van der Waals surface area contributed by atoms with Gasteiger partial charge in [-0.15, -0.1) is 0 Å². The fraction of sp³-hybridized carbons (Fsp3) is 0.308. The fourth-order valence-corrected chi connectivity index (χ4v) is 3.35. The highest BCUT2D eigenvalue weighted by Gasteiger charge is 2.27. The van der Waals surface area contributed by atoms with E-state index in [1.807, 2.05) is 13.0 Å². The van der Waals surface area contributed by atoms with E-state index in [9.17, 15) is 4.39 Å². The molecule has 3 rings (SSSR count). The van der Waals surface area contributed by atoms with Crippen LogP contribution in [0.15, 0.2) is 22.7 Å². The number of hydrogen-bond donors (Lipinski definition) is 1. The van der Waals surface area contributed by atoms with Crippen molar-refractivity contribution in [3.63, 3.8) is 0 Å². The lowest BCUT2D eigenvalue weighted by molar-refractivity contribution is 0.562. The summed E-state index contributed by atoms with van der Waals surface area (Å²) in [6.45, 7) is 2.77. The van der Waals surface area contributed by atoms with Crippen LogP contribution in [-0.4, -0.2) is 9.55 Å². The van der Waals surface area contributed by atoms with Gasteiger partial charge in [-0.25, -0.2) is 4.39 Å². The van der Waals surface area contributed by atoms with Gasteiger partial charge in [0.2, 0.25) is 0 Å². The molecular weight excluding hydrogens is 315 g/mol. The number of H-pyrrole nitrogens is 1. The summed E-state index contributed by atoms with van der Waals surface area (Å²) in [6.07, 6.45) is 0.840. The number of imidazole rings is 1. The Hall–Kier alpha value is -0.940. The van der Waals surface area contributed by atoms with Gasteiger partial charge in [-0.1, -0.05) is 15.9 Å². The summed E-state index contributed by atoms with van der Waals surface area (Å²) in [7, 11) is 0. The molecule has 0 spiro atoms. The zero-order valence-electron chi connectivity index (χ0n) is 9.84. The maximum atomic E-state index is 13.9. The van der Waals surface area contributed by atoms with Crippen molar-refractivity contribution in [2.75, 3.05) is 0 Å². The zero-order valence-corrected chi connectivity index (χ0v) is 12.2. The van der Waals surface area contributed by atoms with Crippen molar-refractivity contribution in [1.29, 1.82) is 0 Å². The molecule has 0 saturated carbocycles. The molecule has 0 amide bonds. The summed E-state index contributed by atoms with van der Waals surface area (Å²) in [5.74, 6) is 0.0361. The number of rotatable bonds is 1. The first-order valence-electron chi connectivity index (χ1n) is 5.79. The number of aromatic amines is 1. The fourth-order valence-electron chi connectivity index (χ4n) is 2.64. The molecule has 1 atom stereocenters. The number of aryl methyl sites for hydroxylation is 1. The third-order valence-corrected chi connectivity index (χ3v) is 4.35. The molecule has 0 fully saturated rings. The molecular formula is C13H12BrFN2S. The van der Waals surface area contributed by atoms with E-state index in [4.69, 9.17) is 12.2 Å². The van der Waals surface area contributed by atoms with Crippen LogP contribution >= 0.6 is 28.1 Å². The van der Waals surface area contributed by atoms with Crippen molar-refractivity contribution in [1.82, 2.24) is 9.55 Å². The average molecular weight is 327 g/mol. The molecule has 0 saturated heterocycles. The molecule has 18 heavy (non-hydrogen) atoms. The van der Waals surface area contributed by atoms with Gasteiger partial charge in [0.25, 0.3) is 0 Å². The second kappa shape index (κ2) is 4.31. The zero-order chi connectivity index (χ0) is 12.9. The van der Waals surface area contributed by atoms with Crippen LogP contribution in [0.2, 0.25) is 0 Å². The van der Waals surface area contributed by atoms with E-state index in [2.05, 4.69) is 25.5 Å². The number of hydrogen-bond acceptors (Lipinski definition) is 1. The van der Waals surface area contributed by atoms with Crippen LogP contribution in [0.1, 0.15) is 22.9 Å². The molecule has 5 heteroatoms. The average Bonchev–Trinajstić information content (AvgIpc) is 2.86. The minimum atomic E-state index is -0.137. The summed E-state index contributed by atoms with van der Waals surface area (Å²) in [4.78, 5) is 3.15. The molecule has 0 aliphatic carbocycles. The number of benzene rings is 1. The van der Waals surface area contributed by atoms with Gasteiger partial charge >= 0.3 is 0 Å². The van der Waals surface area contributed by atoms with Gasteiger partial charge in [0.1, 0.15) is 5.82 Å². The van der Waals surface area contributed by atoms with Gasteiger partial charge in [-0.2, -0.15) is 0 Å². The second-order valence-corrected chi connectivity index (χ2v) is 5.98. The Balaban J connectivity index is 2.01. The van der Waals surface area contributed by atoms with E-state index in [-0.39, 0.29) is 11.7 Å². The van der Waals surface area contributed by atoms with Gasteiger partial charge in [-0.05, 0) is 49.3 Å². The first-order valence-corrected chi connectivity index (χ1v) is 6.99. The molecule has 2 heterocycles. The smallest absolute Gasteiger partial charge is 0.177 e. The molecule has 1 N–H and O–H groups in total. The second-order valence-electron chi connectivity index (χ2n) is 4.68. The van der Waals surface area contributed by atoms with E-state index >= 15 is 0 Å². The van der Waals surface area contributed by atoms with E-state index < -0.39 is 0 Å². The molecule has 2 nitrogen and oxygen atoms in total. The molecule has 2 aromatic rings. The van der Waals surface area contributed by atoms with E-state index in [0.717, 1.165) is 33.5 Å². The van der Waals surface area contributed by atoms with Crippen LogP contribution in [0.4, 0.5) is 4.39 Å². The maximum absolute atomic E-state index is 13.9. The highest BCUT2D eigenvalue weighted by molar-refractivity contribution is 9.10. The predicted molar refractivity (Wildman–Crippen MR) is 74.9 cm³/mol. The number of nitrogens with zero attached hydrogens (tertiary/aromatic N) is 1. The lowest BCUT2D eigenvalue weighted by Gasteiger charge is -2.11. The van der Waals surface area contributed by atoms with E-state index in [1.165, 1.54) is 11.8 Å². The van der Waals surface area contributed by atoms with Crippen molar-refractivity contribution in [2.45, 2.75) is 25.8 Å². The number of fused-ring (bicyclic) bond motifs is 1. The lowest BCUT2D eigenvalue weighted by Crippen LogP contribution is -2.04. The quantitative estimate of drug-likeness (QED) is 0.782. The Bertz CT molecular complexity index is 674. The van der Waals surface area contributed by atoms with Crippen LogP contribution in [0.25, 0.3) is 0 Å². The Kier molecular flexibility index (Phi) is 2.90. The lowest BCUT2D eigenvalue weighted by atomic mass is 9.96. The number of aromatic nitrogens is 2. The normalized spacial score (nSPS) is 18.1. The van der Waals surface area contributed by atoms with Crippen LogP contribution < -0.4 is 0 Å². The van der Waals surface area contributed by atoms with Crippen molar-refractivity contribution in [3.8, 4) is 0 Å². The monoisotopic (exact) mass is 326 g/mol. The maximum Gasteiger partial charge on any atom is 0.177 e. The van der Waals surface area contributed by atoms with Crippen molar-refractivity contribution < 1.29 is 4.39 Å². The molecule has 1 unspecified atom stereocenters. The topological polar surface area (TPSA) is 20.7 Å². The Morgan fingerprint density at radius 1 is 1.50 bits per heavy atom. The van der Waals surface area contributed by atoms with Gasteiger partial charge in [-0.3, -0.25) is 0 Å². The van der Waals surface area contributed by atoms with Gasteiger partial charge in [0.05, 0.1) is 0 Å². The first kappa shape index (κ1) is 12.1. The summed E-state index contributed by atoms with van der Waals surface area (Å²) < 4.78 is 17.6. The highest BCUT2D eigenvalue weighted by Crippen LogP contribution is 2.33. The molecule has 0 radical (unpaired) electrons. The van der Waals surface area contributed by atoms with E-state index in [1.54, 1.807) is 6.07 Å². The van der Waals surface area contributed by atoms with Crippen LogP contribution in [-0.2, 0) is 13.0 Å². The van der Waals surface area contributed by atoms with Crippen molar-refractivity contribution in [3.05, 3.63) is 50.2 Å². The molecule has 0 bridgehead atoms. The van der Waals surface area contributed by atoms with Gasteiger partial charge < -0.3 is 9.55 Å². The Morgan fingerprint density at radius 2 is 2.28 bits per heavy atom. The van der Waals surface area contributed by atoms with Crippen molar-refractivity contribution in [2.24, 2.45) is 0 Å². The SMILES string of the molecule is Cc1[nH]c(=S)n2c1CC(c1cc(Br)ccc1F)C2. The Labute approximate surface area is 118 Å². The molecule has 1 aromatic heterocycles. The summed E-state index contributed by atoms with van der Waals surface area (Å²) >= 11 is 8.66. The summed E-state index contributed by atoms with van der Waals surface area (Å²) in [5.41, 5.74) is 3.06. The summed E-state index contributed by atoms with van der Waals surface area (Å²) in [6, 6.07) is 5.11. The standard InChI is InChI=1S/C13H12BrFN2S/c1-7-12-4-8(6-17(12)13(18)16-7)10-5-9(14)2-3-11(10)15/h2-3,5,8H,4,6H2,1H3,(H,16,18). The third-order valence-electron chi connectivity index (χ3n) is 3.54. The number of nitrogens with one attached hydrogen (secondary N) is 1. The highest BCUT2D eigenvalue weighted by atomic mass is 79.9. The summed E-state index contributed by atoms with van der Waals surface area (Å²) in [5, 5.41) is 0. The molecule has 1 aliphatic rings. The third kappa shape index (κ3) is 1.86. The largest absolute Gasteiger partial charge is 0.335 e. The molecule has 1 aromatic carbocycles. The van der Waals surface area contributed by atoms with Gasteiger partial charge in [0.15, 0.2) is 4.77 Å². The Morgan fingerprint density at radius 3 is 3.00 bits per heavy atom. The van der Waals surface area contributed by atoms with Crippen LogP contribution in [0.3, 0.4) is 0 Å². The molecule has 94 valence electrons. The van der Waals surface area contributed by atoms with E-state index in [0.29, 0.717) is 0 Å². The number of halogens is 2. The van der Waals surface area contributed by atoms with Crippen LogP contribution in [0, 0.1) is 17.5 Å². The van der Waals surface area contributed by atoms with Crippen molar-refractivity contribution >= 4 is 28.1 Å². The minimum absolute atomic E-state index is 0.137. The van der Waals surface area contributed by atoms with Crippen LogP contribution in [0.5, 0.6) is 0 Å².